The van der Waals surface area contributed by atoms with Crippen molar-refractivity contribution in [3.8, 4) is 5.75 Å². The van der Waals surface area contributed by atoms with E-state index in [0.29, 0.717) is 11.8 Å². The van der Waals surface area contributed by atoms with E-state index in [9.17, 15) is 9.90 Å². The molecule has 6 nitrogen and oxygen atoms in total. The molecule has 0 saturated carbocycles. The van der Waals surface area contributed by atoms with Crippen molar-refractivity contribution in [2.45, 2.75) is 13.8 Å². The molecule has 0 fully saturated rings. The second-order valence-corrected chi connectivity index (χ2v) is 4.47. The quantitative estimate of drug-likeness (QED) is 0.736. The molecule has 1 aliphatic rings. The van der Waals surface area contributed by atoms with Gasteiger partial charge in [0.15, 0.2) is 0 Å². The highest BCUT2D eigenvalue weighted by atomic mass is 16.3. The number of amidine groups is 1. The van der Waals surface area contributed by atoms with Crippen molar-refractivity contribution in [2.24, 2.45) is 15.9 Å². The summed E-state index contributed by atoms with van der Waals surface area (Å²) in [4.78, 5) is 19.9. The summed E-state index contributed by atoms with van der Waals surface area (Å²) in [5.74, 6) is 0.894. The topological polar surface area (TPSA) is 86.1 Å². The van der Waals surface area contributed by atoms with Crippen LogP contribution in [-0.2, 0) is 4.79 Å². The van der Waals surface area contributed by atoms with E-state index in [0.717, 1.165) is 5.56 Å². The first kappa shape index (κ1) is 13.1. The Hall–Kier alpha value is -2.37. The summed E-state index contributed by atoms with van der Waals surface area (Å²) in [6.07, 6.45) is 0. The summed E-state index contributed by atoms with van der Waals surface area (Å²) in [5.41, 5.74) is 0.742. The highest BCUT2D eigenvalue weighted by Gasteiger charge is 2.15. The zero-order valence-electron chi connectivity index (χ0n) is 10.8. The fourth-order valence-corrected chi connectivity index (χ4v) is 1.52. The van der Waals surface area contributed by atoms with Gasteiger partial charge in [0, 0.05) is 11.5 Å². The van der Waals surface area contributed by atoms with Crippen molar-refractivity contribution in [3.63, 3.8) is 0 Å². The average Bonchev–Trinajstić information content (AvgIpc) is 2.39. The van der Waals surface area contributed by atoms with Crippen molar-refractivity contribution in [3.05, 3.63) is 29.8 Å². The van der Waals surface area contributed by atoms with Crippen LogP contribution in [0.4, 0.5) is 0 Å². The molecular weight excluding hydrogens is 244 g/mol. The van der Waals surface area contributed by atoms with Gasteiger partial charge in [0.2, 0.25) is 11.9 Å². The van der Waals surface area contributed by atoms with Crippen LogP contribution in [0.2, 0.25) is 0 Å². The maximum absolute atomic E-state index is 11.6. The summed E-state index contributed by atoms with van der Waals surface area (Å²) < 4.78 is 0. The predicted octanol–water partition coefficient (Wildman–Crippen LogP) is 0.828. The molecule has 19 heavy (non-hydrogen) atoms. The summed E-state index contributed by atoms with van der Waals surface area (Å²) >= 11 is 0. The molecular formula is C13H16N4O2. The minimum atomic E-state index is -0.118. The Kier molecular flexibility index (Phi) is 3.79. The van der Waals surface area contributed by atoms with Gasteiger partial charge in [-0.3, -0.25) is 10.1 Å². The van der Waals surface area contributed by atoms with Crippen LogP contribution in [0.1, 0.15) is 19.4 Å². The minimum absolute atomic E-state index is 0.108. The molecule has 0 bridgehead atoms. The number of hydrogen-bond acceptors (Lipinski definition) is 5. The number of nitrogens with zero attached hydrogens (tertiary/aromatic N) is 2. The molecule has 1 aliphatic heterocycles. The Bertz CT molecular complexity index is 549. The molecule has 0 unspecified atom stereocenters. The normalized spacial score (nSPS) is 14.5. The van der Waals surface area contributed by atoms with Gasteiger partial charge in [0.25, 0.3) is 0 Å². The first-order valence-electron chi connectivity index (χ1n) is 6.02. The lowest BCUT2D eigenvalue weighted by atomic mass is 10.2. The Balaban J connectivity index is 2.07. The van der Waals surface area contributed by atoms with Crippen LogP contribution in [0.15, 0.2) is 34.3 Å². The molecule has 0 aromatic heterocycles. The number of carbonyl (C=O) groups is 1. The Morgan fingerprint density at radius 1 is 1.42 bits per heavy atom. The molecule has 0 saturated heterocycles. The zero-order valence-corrected chi connectivity index (χ0v) is 10.8. The van der Waals surface area contributed by atoms with E-state index in [4.69, 9.17) is 0 Å². The van der Waals surface area contributed by atoms with E-state index >= 15 is 0 Å². The highest BCUT2D eigenvalue weighted by Crippen LogP contribution is 2.11. The number of phenolic OH excluding ortho intramolecular Hbond substituents is 1. The predicted molar refractivity (Wildman–Crippen MR) is 73.1 cm³/mol. The standard InChI is InChI=1S/C13H16N4O2/c1-8(2)12(19)17-13-15-7-14-11(16-13)9-4-3-5-10(18)6-9/h3-6,8,18H,7H2,1-2H3,(H2,14,15,16,17,19). The van der Waals surface area contributed by atoms with Gasteiger partial charge in [-0.05, 0) is 12.1 Å². The first-order valence-corrected chi connectivity index (χ1v) is 6.02. The maximum atomic E-state index is 11.6. The molecule has 1 aromatic carbocycles. The number of nitrogens with one attached hydrogen (secondary N) is 2. The van der Waals surface area contributed by atoms with Gasteiger partial charge < -0.3 is 10.4 Å². The number of hydrogen-bond donors (Lipinski definition) is 3. The van der Waals surface area contributed by atoms with Gasteiger partial charge in [-0.15, -0.1) is 0 Å². The van der Waals surface area contributed by atoms with E-state index in [1.807, 2.05) is 19.9 Å². The third kappa shape index (κ3) is 3.31. The molecule has 3 N–H and O–H groups in total. The maximum Gasteiger partial charge on any atom is 0.229 e. The number of amides is 1. The fraction of sp³-hybridized carbons (Fsp3) is 0.308. The third-order valence-electron chi connectivity index (χ3n) is 2.58. The van der Waals surface area contributed by atoms with E-state index < -0.39 is 0 Å². The Morgan fingerprint density at radius 3 is 2.89 bits per heavy atom. The van der Waals surface area contributed by atoms with Gasteiger partial charge in [-0.25, -0.2) is 9.98 Å². The molecule has 1 aromatic rings. The SMILES string of the molecule is CC(C)C(=O)NC1=NCN=C(c2cccc(O)c2)N1. The lowest BCUT2D eigenvalue weighted by molar-refractivity contribution is -0.122. The van der Waals surface area contributed by atoms with Crippen molar-refractivity contribution < 1.29 is 9.90 Å². The lowest BCUT2D eigenvalue weighted by Crippen LogP contribution is -2.47. The number of guanidine groups is 1. The highest BCUT2D eigenvalue weighted by molar-refractivity contribution is 6.13. The number of phenols is 1. The Labute approximate surface area is 111 Å². The smallest absolute Gasteiger partial charge is 0.229 e. The zero-order chi connectivity index (χ0) is 13.8. The van der Waals surface area contributed by atoms with Crippen molar-refractivity contribution in [2.75, 3.05) is 6.67 Å². The molecule has 0 aliphatic carbocycles. The molecule has 2 rings (SSSR count). The van der Waals surface area contributed by atoms with Gasteiger partial charge in [-0.1, -0.05) is 26.0 Å². The fourth-order valence-electron chi connectivity index (χ4n) is 1.52. The molecule has 1 amide bonds. The van der Waals surface area contributed by atoms with Gasteiger partial charge in [0.05, 0.1) is 0 Å². The molecule has 6 heteroatoms. The van der Waals surface area contributed by atoms with E-state index in [1.165, 1.54) is 0 Å². The van der Waals surface area contributed by atoms with E-state index in [1.54, 1.807) is 18.2 Å². The van der Waals surface area contributed by atoms with Crippen LogP contribution in [0.25, 0.3) is 0 Å². The van der Waals surface area contributed by atoms with E-state index in [2.05, 4.69) is 20.6 Å². The van der Waals surface area contributed by atoms with Crippen LogP contribution >= 0.6 is 0 Å². The molecule has 100 valence electrons. The first-order chi connectivity index (χ1) is 9.06. The summed E-state index contributed by atoms with van der Waals surface area (Å²) in [6.45, 7) is 3.86. The molecule has 1 heterocycles. The summed E-state index contributed by atoms with van der Waals surface area (Å²) in [6, 6.07) is 6.73. The summed E-state index contributed by atoms with van der Waals surface area (Å²) in [7, 11) is 0. The van der Waals surface area contributed by atoms with Gasteiger partial charge >= 0.3 is 0 Å². The second-order valence-electron chi connectivity index (χ2n) is 4.47. The molecule has 0 radical (unpaired) electrons. The number of aromatic hydroxyl groups is 1. The van der Waals surface area contributed by atoms with Crippen LogP contribution in [0.3, 0.4) is 0 Å². The average molecular weight is 260 g/mol. The van der Waals surface area contributed by atoms with Crippen LogP contribution in [-0.4, -0.2) is 29.5 Å². The number of rotatable bonds is 2. The third-order valence-corrected chi connectivity index (χ3v) is 2.58. The largest absolute Gasteiger partial charge is 0.508 e. The Morgan fingerprint density at radius 2 is 2.21 bits per heavy atom. The number of carbonyl (C=O) groups excluding carboxylic acids is 1. The van der Waals surface area contributed by atoms with Gasteiger partial charge in [0.1, 0.15) is 18.3 Å². The second kappa shape index (κ2) is 5.51. The van der Waals surface area contributed by atoms with Crippen LogP contribution in [0.5, 0.6) is 5.75 Å². The van der Waals surface area contributed by atoms with Crippen molar-refractivity contribution >= 4 is 17.7 Å². The lowest BCUT2D eigenvalue weighted by Gasteiger charge is -2.17. The monoisotopic (exact) mass is 260 g/mol. The van der Waals surface area contributed by atoms with E-state index in [-0.39, 0.29) is 24.2 Å². The molecule has 0 spiro atoms. The van der Waals surface area contributed by atoms with Crippen LogP contribution < -0.4 is 10.6 Å². The van der Waals surface area contributed by atoms with Crippen molar-refractivity contribution in [1.82, 2.24) is 10.6 Å². The number of benzene rings is 1. The number of aliphatic imine (C=N–C) groups is 2. The summed E-state index contributed by atoms with van der Waals surface area (Å²) in [5, 5.41) is 15.1. The van der Waals surface area contributed by atoms with Crippen molar-refractivity contribution in [1.29, 1.82) is 0 Å². The molecule has 0 atom stereocenters. The van der Waals surface area contributed by atoms with Gasteiger partial charge in [-0.2, -0.15) is 0 Å². The van der Waals surface area contributed by atoms with Crippen LogP contribution in [0, 0.1) is 5.92 Å². The minimum Gasteiger partial charge on any atom is -0.508 e.